The van der Waals surface area contributed by atoms with E-state index in [0.29, 0.717) is 0 Å². The van der Waals surface area contributed by atoms with Gasteiger partial charge in [0.2, 0.25) is 5.91 Å². The van der Waals surface area contributed by atoms with Gasteiger partial charge in [-0.1, -0.05) is 12.1 Å². The van der Waals surface area contributed by atoms with Crippen LogP contribution >= 0.6 is 0 Å². The molecule has 17 heavy (non-hydrogen) atoms. The maximum Gasteiger partial charge on any atom is 0.325 e. The molecule has 0 unspecified atom stereocenters. The summed E-state index contributed by atoms with van der Waals surface area (Å²) in [5.41, 5.74) is 0.737. The fourth-order valence-corrected chi connectivity index (χ4v) is 1.08. The molecule has 1 rings (SSSR count). The van der Waals surface area contributed by atoms with E-state index in [-0.39, 0.29) is 5.75 Å². The third-order valence-corrected chi connectivity index (χ3v) is 2.05. The third-order valence-electron chi connectivity index (χ3n) is 2.05. The average molecular weight is 235 g/mol. The lowest BCUT2D eigenvalue weighted by molar-refractivity contribution is -0.140. The van der Waals surface area contributed by atoms with Crippen molar-refractivity contribution in [2.45, 2.75) is 13.0 Å². The number of carboxylic acids is 1. The minimum atomic E-state index is -1.09. The molecule has 0 heterocycles. The van der Waals surface area contributed by atoms with Crippen molar-refractivity contribution < 1.29 is 19.8 Å². The van der Waals surface area contributed by atoms with Gasteiger partial charge in [0.15, 0.2) is 0 Å². The molecule has 0 saturated heterocycles. The normalized spacial score (nSPS) is 12.3. The fourth-order valence-electron chi connectivity index (χ4n) is 1.08. The number of aliphatic carboxylic acids is 1. The summed E-state index contributed by atoms with van der Waals surface area (Å²) in [7, 11) is 0. The molecule has 0 spiro atoms. The summed E-state index contributed by atoms with van der Waals surface area (Å²) in [6, 6.07) is 5.35. The molecule has 0 fully saturated rings. The number of rotatable bonds is 4. The lowest BCUT2D eigenvalue weighted by Gasteiger charge is -2.05. The molecule has 0 aliphatic heterocycles. The molecule has 90 valence electrons. The first-order chi connectivity index (χ1) is 7.99. The van der Waals surface area contributed by atoms with E-state index < -0.39 is 17.9 Å². The van der Waals surface area contributed by atoms with Gasteiger partial charge in [0.1, 0.15) is 11.8 Å². The Morgan fingerprint density at radius 3 is 2.41 bits per heavy atom. The number of benzene rings is 1. The van der Waals surface area contributed by atoms with E-state index in [1.807, 2.05) is 0 Å². The van der Waals surface area contributed by atoms with Gasteiger partial charge in [0, 0.05) is 6.08 Å². The summed E-state index contributed by atoms with van der Waals surface area (Å²) < 4.78 is 0. The van der Waals surface area contributed by atoms with Gasteiger partial charge in [-0.25, -0.2) is 0 Å². The lowest BCUT2D eigenvalue weighted by Crippen LogP contribution is -2.37. The molecule has 1 aromatic rings. The molecule has 1 aromatic carbocycles. The number of phenolic OH excluding ortho intramolecular Hbond substituents is 1. The molecule has 1 amide bonds. The third kappa shape index (κ3) is 4.38. The number of hydrogen-bond acceptors (Lipinski definition) is 3. The van der Waals surface area contributed by atoms with Gasteiger partial charge in [0.05, 0.1) is 0 Å². The summed E-state index contributed by atoms with van der Waals surface area (Å²) in [5, 5.41) is 19.9. The van der Waals surface area contributed by atoms with Crippen LogP contribution in [0, 0.1) is 0 Å². The van der Waals surface area contributed by atoms with E-state index in [2.05, 4.69) is 5.32 Å². The fraction of sp³-hybridized carbons (Fsp3) is 0.167. The smallest absolute Gasteiger partial charge is 0.325 e. The van der Waals surface area contributed by atoms with Crippen molar-refractivity contribution in [2.75, 3.05) is 0 Å². The number of carboxylic acid groups (broad SMARTS) is 1. The van der Waals surface area contributed by atoms with Crippen LogP contribution in [-0.2, 0) is 9.59 Å². The second-order valence-corrected chi connectivity index (χ2v) is 3.49. The molecule has 0 aliphatic rings. The molecule has 3 N–H and O–H groups in total. The summed E-state index contributed by atoms with van der Waals surface area (Å²) in [6.45, 7) is 1.38. The maximum absolute atomic E-state index is 11.3. The quantitative estimate of drug-likeness (QED) is 0.679. The summed E-state index contributed by atoms with van der Waals surface area (Å²) in [4.78, 5) is 21.8. The molecule has 1 atom stereocenters. The average Bonchev–Trinajstić information content (AvgIpc) is 2.28. The van der Waals surface area contributed by atoms with Gasteiger partial charge >= 0.3 is 5.97 Å². The first-order valence-corrected chi connectivity index (χ1v) is 4.99. The van der Waals surface area contributed by atoms with Crippen molar-refractivity contribution >= 4 is 18.0 Å². The minimum Gasteiger partial charge on any atom is -0.508 e. The van der Waals surface area contributed by atoms with E-state index in [1.54, 1.807) is 12.1 Å². The van der Waals surface area contributed by atoms with Crippen LogP contribution < -0.4 is 5.32 Å². The predicted molar refractivity (Wildman–Crippen MR) is 62.4 cm³/mol. The highest BCUT2D eigenvalue weighted by molar-refractivity contribution is 5.94. The Hall–Kier alpha value is -2.30. The summed E-state index contributed by atoms with van der Waals surface area (Å²) in [5.74, 6) is -1.42. The Morgan fingerprint density at radius 1 is 1.29 bits per heavy atom. The van der Waals surface area contributed by atoms with Crippen LogP contribution in [0.2, 0.25) is 0 Å². The molecule has 0 radical (unpaired) electrons. The standard InChI is InChI=1S/C12H13NO4/c1-8(12(16)17)13-11(15)7-4-9-2-5-10(14)6-3-9/h2-8,14H,1H3,(H,13,15)(H,16,17)/b7-4+/t8-/m1/s1. The SMILES string of the molecule is C[C@@H](NC(=O)/C=C/c1ccc(O)cc1)C(=O)O. The molecule has 5 nitrogen and oxygen atoms in total. The van der Waals surface area contributed by atoms with Crippen LogP contribution in [0.4, 0.5) is 0 Å². The highest BCUT2D eigenvalue weighted by Crippen LogP contribution is 2.10. The monoisotopic (exact) mass is 235 g/mol. The van der Waals surface area contributed by atoms with E-state index in [0.717, 1.165) is 5.56 Å². The van der Waals surface area contributed by atoms with Crippen LogP contribution in [-0.4, -0.2) is 28.1 Å². The van der Waals surface area contributed by atoms with Crippen molar-refractivity contribution in [2.24, 2.45) is 0 Å². The van der Waals surface area contributed by atoms with Gasteiger partial charge in [-0.2, -0.15) is 0 Å². The van der Waals surface area contributed by atoms with Crippen LogP contribution in [0.1, 0.15) is 12.5 Å². The topological polar surface area (TPSA) is 86.6 Å². The molecule has 0 saturated carbocycles. The minimum absolute atomic E-state index is 0.145. The van der Waals surface area contributed by atoms with Gasteiger partial charge < -0.3 is 15.5 Å². The number of phenols is 1. The summed E-state index contributed by atoms with van der Waals surface area (Å²) in [6.07, 6.45) is 2.77. The van der Waals surface area contributed by atoms with Crippen LogP contribution in [0.5, 0.6) is 5.75 Å². The number of carbonyl (C=O) groups excluding carboxylic acids is 1. The van der Waals surface area contributed by atoms with Crippen LogP contribution in [0.25, 0.3) is 6.08 Å². The predicted octanol–water partition coefficient (Wildman–Crippen LogP) is 0.995. The van der Waals surface area contributed by atoms with Gasteiger partial charge in [-0.05, 0) is 30.7 Å². The van der Waals surface area contributed by atoms with Crippen molar-refractivity contribution in [3.05, 3.63) is 35.9 Å². The number of aromatic hydroxyl groups is 1. The van der Waals surface area contributed by atoms with Crippen molar-refractivity contribution in [3.8, 4) is 5.75 Å². The van der Waals surface area contributed by atoms with Crippen molar-refractivity contribution in [1.29, 1.82) is 0 Å². The second kappa shape index (κ2) is 5.69. The molecular formula is C12H13NO4. The lowest BCUT2D eigenvalue weighted by atomic mass is 10.2. The largest absolute Gasteiger partial charge is 0.508 e. The summed E-state index contributed by atoms with van der Waals surface area (Å²) >= 11 is 0. The maximum atomic E-state index is 11.3. The van der Waals surface area contributed by atoms with E-state index in [4.69, 9.17) is 10.2 Å². The van der Waals surface area contributed by atoms with Crippen LogP contribution in [0.3, 0.4) is 0 Å². The number of nitrogens with one attached hydrogen (secondary N) is 1. The Bertz CT molecular complexity index is 436. The zero-order chi connectivity index (χ0) is 12.8. The Labute approximate surface area is 98.4 Å². The van der Waals surface area contributed by atoms with E-state index >= 15 is 0 Å². The van der Waals surface area contributed by atoms with E-state index in [1.165, 1.54) is 31.2 Å². The first kappa shape index (κ1) is 12.8. The van der Waals surface area contributed by atoms with Crippen LogP contribution in [0.15, 0.2) is 30.3 Å². The number of carbonyl (C=O) groups is 2. The van der Waals surface area contributed by atoms with E-state index in [9.17, 15) is 9.59 Å². The van der Waals surface area contributed by atoms with Gasteiger partial charge in [0.25, 0.3) is 0 Å². The van der Waals surface area contributed by atoms with Gasteiger partial charge in [-0.15, -0.1) is 0 Å². The Morgan fingerprint density at radius 2 is 1.88 bits per heavy atom. The second-order valence-electron chi connectivity index (χ2n) is 3.49. The van der Waals surface area contributed by atoms with Gasteiger partial charge in [-0.3, -0.25) is 9.59 Å². The molecule has 0 aliphatic carbocycles. The number of amides is 1. The zero-order valence-corrected chi connectivity index (χ0v) is 9.25. The Balaban J connectivity index is 2.56. The van der Waals surface area contributed by atoms with Crippen molar-refractivity contribution in [3.63, 3.8) is 0 Å². The first-order valence-electron chi connectivity index (χ1n) is 4.99. The zero-order valence-electron chi connectivity index (χ0n) is 9.25. The van der Waals surface area contributed by atoms with Crippen molar-refractivity contribution in [1.82, 2.24) is 5.32 Å². The highest BCUT2D eigenvalue weighted by Gasteiger charge is 2.11. The number of hydrogen-bond donors (Lipinski definition) is 3. The molecule has 0 aromatic heterocycles. The molecule has 5 heteroatoms. The Kier molecular flexibility index (Phi) is 4.28. The molecule has 0 bridgehead atoms. The molecular weight excluding hydrogens is 222 g/mol. The highest BCUT2D eigenvalue weighted by atomic mass is 16.4.